The van der Waals surface area contributed by atoms with Gasteiger partial charge in [-0.3, -0.25) is 0 Å². The summed E-state index contributed by atoms with van der Waals surface area (Å²) in [5, 5.41) is 3.37. The Morgan fingerprint density at radius 1 is 1.24 bits per heavy atom. The SMILES string of the molecule is CCNc1cc(N2CC(C)CC(C)C2C)nc(C2CC2)n1. The van der Waals surface area contributed by atoms with E-state index in [1.165, 1.54) is 19.3 Å². The third-order valence-electron chi connectivity index (χ3n) is 4.92. The molecule has 0 amide bonds. The van der Waals surface area contributed by atoms with Crippen LogP contribution < -0.4 is 10.2 Å². The maximum Gasteiger partial charge on any atom is 0.136 e. The Balaban J connectivity index is 1.91. The molecular weight excluding hydrogens is 260 g/mol. The van der Waals surface area contributed by atoms with Crippen LogP contribution in [0.25, 0.3) is 0 Å². The average molecular weight is 288 g/mol. The van der Waals surface area contributed by atoms with Gasteiger partial charge in [0.25, 0.3) is 0 Å². The third-order valence-corrected chi connectivity index (χ3v) is 4.92. The third kappa shape index (κ3) is 3.14. The molecule has 3 unspecified atom stereocenters. The van der Waals surface area contributed by atoms with Gasteiger partial charge in [0.2, 0.25) is 0 Å². The molecule has 3 rings (SSSR count). The van der Waals surface area contributed by atoms with E-state index in [0.29, 0.717) is 12.0 Å². The summed E-state index contributed by atoms with van der Waals surface area (Å²) in [4.78, 5) is 12.1. The van der Waals surface area contributed by atoms with Gasteiger partial charge in [0.05, 0.1) is 0 Å². The van der Waals surface area contributed by atoms with Crippen molar-refractivity contribution in [1.82, 2.24) is 9.97 Å². The Labute approximate surface area is 128 Å². The van der Waals surface area contributed by atoms with Gasteiger partial charge in [-0.25, -0.2) is 9.97 Å². The molecule has 1 aliphatic heterocycles. The Bertz CT molecular complexity index is 498. The number of aromatic nitrogens is 2. The van der Waals surface area contributed by atoms with Gasteiger partial charge in [0.15, 0.2) is 0 Å². The minimum absolute atomic E-state index is 0.553. The lowest BCUT2D eigenvalue weighted by molar-refractivity contribution is 0.295. The molecule has 21 heavy (non-hydrogen) atoms. The fourth-order valence-corrected chi connectivity index (χ4v) is 3.41. The molecule has 2 aliphatic rings. The van der Waals surface area contributed by atoms with Crippen LogP contribution in [0.5, 0.6) is 0 Å². The minimum atomic E-state index is 0.553. The molecule has 4 heteroatoms. The lowest BCUT2D eigenvalue weighted by atomic mass is 9.86. The fraction of sp³-hybridized carbons (Fsp3) is 0.765. The maximum atomic E-state index is 4.90. The second-order valence-corrected chi connectivity index (χ2v) is 6.99. The number of anilines is 2. The van der Waals surface area contributed by atoms with Gasteiger partial charge in [0, 0.05) is 31.1 Å². The highest BCUT2D eigenvalue weighted by atomic mass is 15.2. The average Bonchev–Trinajstić information content (AvgIpc) is 3.27. The van der Waals surface area contributed by atoms with Gasteiger partial charge in [-0.1, -0.05) is 13.8 Å². The molecule has 4 nitrogen and oxygen atoms in total. The lowest BCUT2D eigenvalue weighted by Crippen LogP contribution is -2.46. The number of piperidine rings is 1. The summed E-state index contributed by atoms with van der Waals surface area (Å²) in [5.41, 5.74) is 0. The highest BCUT2D eigenvalue weighted by Crippen LogP contribution is 2.40. The fourth-order valence-electron chi connectivity index (χ4n) is 3.41. The van der Waals surface area contributed by atoms with E-state index in [-0.39, 0.29) is 0 Å². The van der Waals surface area contributed by atoms with Crippen LogP contribution in [0.1, 0.15) is 58.7 Å². The summed E-state index contributed by atoms with van der Waals surface area (Å²) >= 11 is 0. The smallest absolute Gasteiger partial charge is 0.136 e. The molecule has 1 saturated carbocycles. The topological polar surface area (TPSA) is 41.0 Å². The van der Waals surface area contributed by atoms with E-state index in [0.717, 1.165) is 42.4 Å². The summed E-state index contributed by atoms with van der Waals surface area (Å²) in [6.45, 7) is 11.2. The Hall–Kier alpha value is -1.32. The second kappa shape index (κ2) is 5.82. The summed E-state index contributed by atoms with van der Waals surface area (Å²) in [7, 11) is 0. The first-order valence-electron chi connectivity index (χ1n) is 8.48. The van der Waals surface area contributed by atoms with E-state index in [1.54, 1.807) is 0 Å². The lowest BCUT2D eigenvalue weighted by Gasteiger charge is -2.42. The number of rotatable bonds is 4. The van der Waals surface area contributed by atoms with E-state index >= 15 is 0 Å². The Kier molecular flexibility index (Phi) is 4.05. The highest BCUT2D eigenvalue weighted by Gasteiger charge is 2.32. The van der Waals surface area contributed by atoms with Crippen molar-refractivity contribution in [1.29, 1.82) is 0 Å². The van der Waals surface area contributed by atoms with E-state index in [2.05, 4.69) is 44.0 Å². The van der Waals surface area contributed by atoms with Crippen molar-refractivity contribution < 1.29 is 0 Å². The normalized spacial score (nSPS) is 29.5. The van der Waals surface area contributed by atoms with E-state index in [4.69, 9.17) is 9.97 Å². The standard InChI is InChI=1S/C17H28N4/c1-5-18-15-9-16(20-17(19-15)14-6-7-14)21-10-11(2)8-12(3)13(21)4/h9,11-14H,5-8,10H2,1-4H3,(H,18,19,20). The van der Waals surface area contributed by atoms with Crippen molar-refractivity contribution in [2.75, 3.05) is 23.3 Å². The largest absolute Gasteiger partial charge is 0.370 e. The number of hydrogen-bond donors (Lipinski definition) is 1. The van der Waals surface area contributed by atoms with Gasteiger partial charge in [0.1, 0.15) is 17.5 Å². The van der Waals surface area contributed by atoms with E-state index in [1.807, 2.05) is 0 Å². The summed E-state index contributed by atoms with van der Waals surface area (Å²) in [5.74, 6) is 5.20. The van der Waals surface area contributed by atoms with Crippen LogP contribution >= 0.6 is 0 Å². The Morgan fingerprint density at radius 3 is 2.67 bits per heavy atom. The van der Waals surface area contributed by atoms with Crippen molar-refractivity contribution in [3.8, 4) is 0 Å². The highest BCUT2D eigenvalue weighted by molar-refractivity contribution is 5.51. The van der Waals surface area contributed by atoms with Crippen molar-refractivity contribution in [2.45, 2.75) is 58.9 Å². The van der Waals surface area contributed by atoms with Crippen molar-refractivity contribution in [3.63, 3.8) is 0 Å². The molecule has 1 N–H and O–H groups in total. The molecule has 0 spiro atoms. The van der Waals surface area contributed by atoms with E-state index < -0.39 is 0 Å². The molecule has 0 aromatic carbocycles. The van der Waals surface area contributed by atoms with Crippen LogP contribution in [0.15, 0.2) is 6.07 Å². The maximum absolute atomic E-state index is 4.90. The van der Waals surface area contributed by atoms with Gasteiger partial charge < -0.3 is 10.2 Å². The van der Waals surface area contributed by atoms with Crippen molar-refractivity contribution >= 4 is 11.6 Å². The first kappa shape index (κ1) is 14.6. The van der Waals surface area contributed by atoms with Gasteiger partial charge in [-0.2, -0.15) is 0 Å². The van der Waals surface area contributed by atoms with Crippen LogP contribution in [-0.4, -0.2) is 29.1 Å². The van der Waals surface area contributed by atoms with Crippen LogP contribution in [-0.2, 0) is 0 Å². The van der Waals surface area contributed by atoms with Crippen molar-refractivity contribution in [2.24, 2.45) is 11.8 Å². The Morgan fingerprint density at radius 2 is 2.00 bits per heavy atom. The second-order valence-electron chi connectivity index (χ2n) is 6.99. The summed E-state index contributed by atoms with van der Waals surface area (Å²) in [6.07, 6.45) is 3.81. The van der Waals surface area contributed by atoms with Crippen LogP contribution in [0, 0.1) is 11.8 Å². The molecule has 1 saturated heterocycles. The van der Waals surface area contributed by atoms with Crippen LogP contribution in [0.4, 0.5) is 11.6 Å². The van der Waals surface area contributed by atoms with Gasteiger partial charge >= 0.3 is 0 Å². The molecule has 0 bridgehead atoms. The molecular formula is C17H28N4. The first-order chi connectivity index (χ1) is 10.1. The summed E-state index contributed by atoms with van der Waals surface area (Å²) in [6, 6.07) is 2.69. The van der Waals surface area contributed by atoms with E-state index in [9.17, 15) is 0 Å². The minimum Gasteiger partial charge on any atom is -0.370 e. The number of nitrogens with one attached hydrogen (secondary N) is 1. The molecule has 0 radical (unpaired) electrons. The number of nitrogens with zero attached hydrogens (tertiary/aromatic N) is 3. The molecule has 116 valence electrons. The summed E-state index contributed by atoms with van der Waals surface area (Å²) < 4.78 is 0. The van der Waals surface area contributed by atoms with Crippen LogP contribution in [0.3, 0.4) is 0 Å². The zero-order valence-corrected chi connectivity index (χ0v) is 13.8. The predicted octanol–water partition coefficient (Wildman–Crippen LogP) is 3.66. The molecule has 2 fully saturated rings. The molecule has 1 aromatic heterocycles. The van der Waals surface area contributed by atoms with Gasteiger partial charge in [-0.05, 0) is 44.9 Å². The van der Waals surface area contributed by atoms with Crippen molar-refractivity contribution in [3.05, 3.63) is 11.9 Å². The monoisotopic (exact) mass is 288 g/mol. The van der Waals surface area contributed by atoms with Gasteiger partial charge in [-0.15, -0.1) is 0 Å². The zero-order valence-electron chi connectivity index (χ0n) is 13.8. The number of hydrogen-bond acceptors (Lipinski definition) is 4. The molecule has 3 atom stereocenters. The van der Waals surface area contributed by atoms with Crippen LogP contribution in [0.2, 0.25) is 0 Å². The zero-order chi connectivity index (χ0) is 15.0. The predicted molar refractivity (Wildman–Crippen MR) is 87.9 cm³/mol. The molecule has 1 aliphatic carbocycles. The quantitative estimate of drug-likeness (QED) is 0.918. The first-order valence-corrected chi connectivity index (χ1v) is 8.48. The molecule has 2 heterocycles. The molecule has 1 aromatic rings.